The Kier molecular flexibility index (Phi) is 4.42. The highest BCUT2D eigenvalue weighted by atomic mass is 79.9. The fraction of sp³-hybridized carbons (Fsp3) is 0.250. The van der Waals surface area contributed by atoms with Crippen molar-refractivity contribution in [2.45, 2.75) is 13.3 Å². The first-order chi connectivity index (χ1) is 8.20. The number of anilines is 1. The molecule has 1 aromatic carbocycles. The maximum Gasteiger partial charge on any atom is 0.183 e. The summed E-state index contributed by atoms with van der Waals surface area (Å²) in [5, 5.41) is 4.96. The van der Waals surface area contributed by atoms with Crippen molar-refractivity contribution in [2.75, 3.05) is 11.9 Å². The topological polar surface area (TPSA) is 24.9 Å². The minimum atomic E-state index is 0.749. The molecule has 0 saturated carbocycles. The van der Waals surface area contributed by atoms with Gasteiger partial charge >= 0.3 is 0 Å². The van der Waals surface area contributed by atoms with Crippen LogP contribution in [0.15, 0.2) is 28.9 Å². The summed E-state index contributed by atoms with van der Waals surface area (Å²) in [6.45, 7) is 3.08. The number of rotatable bonds is 4. The Bertz CT molecular complexity index is 513. The second-order valence-corrected chi connectivity index (χ2v) is 5.93. The van der Waals surface area contributed by atoms with Gasteiger partial charge in [-0.15, -0.1) is 0 Å². The fourth-order valence-corrected chi connectivity index (χ4v) is 2.91. The lowest BCUT2D eigenvalue weighted by atomic mass is 10.2. The Morgan fingerprint density at radius 3 is 3.06 bits per heavy atom. The number of hydrogen-bond donors (Lipinski definition) is 1. The van der Waals surface area contributed by atoms with E-state index < -0.39 is 0 Å². The molecule has 90 valence electrons. The SMILES string of the molecule is CCCNc1ncc(-c2cc(Br)ccc2Cl)s1. The molecule has 2 rings (SSSR count). The van der Waals surface area contributed by atoms with Gasteiger partial charge in [0.25, 0.3) is 0 Å². The molecule has 0 radical (unpaired) electrons. The number of hydrogen-bond acceptors (Lipinski definition) is 3. The average molecular weight is 332 g/mol. The Hall–Kier alpha value is -0.580. The maximum absolute atomic E-state index is 6.18. The van der Waals surface area contributed by atoms with Crippen molar-refractivity contribution in [1.29, 1.82) is 0 Å². The number of nitrogens with one attached hydrogen (secondary N) is 1. The summed E-state index contributed by atoms with van der Waals surface area (Å²) in [6, 6.07) is 5.84. The van der Waals surface area contributed by atoms with Gasteiger partial charge in [-0.1, -0.05) is 45.8 Å². The molecule has 0 amide bonds. The zero-order chi connectivity index (χ0) is 12.3. The summed E-state index contributed by atoms with van der Waals surface area (Å²) in [6.07, 6.45) is 2.95. The summed E-state index contributed by atoms with van der Waals surface area (Å²) in [5.74, 6) is 0. The van der Waals surface area contributed by atoms with Crippen LogP contribution in [0.25, 0.3) is 10.4 Å². The largest absolute Gasteiger partial charge is 0.362 e. The molecule has 0 saturated heterocycles. The number of thiazole rings is 1. The molecule has 0 aliphatic carbocycles. The van der Waals surface area contributed by atoms with Crippen molar-refractivity contribution in [3.05, 3.63) is 33.9 Å². The van der Waals surface area contributed by atoms with Crippen LogP contribution in [0.3, 0.4) is 0 Å². The van der Waals surface area contributed by atoms with Crippen molar-refractivity contribution < 1.29 is 0 Å². The fourth-order valence-electron chi connectivity index (χ4n) is 1.40. The van der Waals surface area contributed by atoms with Gasteiger partial charge in [0.1, 0.15) is 0 Å². The quantitative estimate of drug-likeness (QED) is 0.848. The molecule has 1 heterocycles. The third-order valence-electron chi connectivity index (χ3n) is 2.23. The zero-order valence-electron chi connectivity index (χ0n) is 9.34. The number of halogens is 2. The molecule has 0 unspecified atom stereocenters. The smallest absolute Gasteiger partial charge is 0.183 e. The van der Waals surface area contributed by atoms with E-state index in [1.165, 1.54) is 0 Å². The van der Waals surface area contributed by atoms with Crippen LogP contribution < -0.4 is 5.32 Å². The first-order valence-corrected chi connectivity index (χ1v) is 7.34. The van der Waals surface area contributed by atoms with Gasteiger partial charge in [-0.2, -0.15) is 0 Å². The molecule has 17 heavy (non-hydrogen) atoms. The highest BCUT2D eigenvalue weighted by Gasteiger charge is 2.08. The van der Waals surface area contributed by atoms with Crippen molar-refractivity contribution >= 4 is 44.0 Å². The van der Waals surface area contributed by atoms with Gasteiger partial charge in [-0.3, -0.25) is 0 Å². The minimum absolute atomic E-state index is 0.749. The Morgan fingerprint density at radius 1 is 1.47 bits per heavy atom. The van der Waals surface area contributed by atoms with Gasteiger partial charge in [0, 0.05) is 27.8 Å². The van der Waals surface area contributed by atoms with Crippen LogP contribution in [0.5, 0.6) is 0 Å². The van der Waals surface area contributed by atoms with E-state index in [0.717, 1.165) is 38.0 Å². The first kappa shape index (κ1) is 12.9. The molecule has 1 aromatic heterocycles. The van der Waals surface area contributed by atoms with E-state index in [1.807, 2.05) is 24.4 Å². The van der Waals surface area contributed by atoms with E-state index in [4.69, 9.17) is 11.6 Å². The van der Waals surface area contributed by atoms with Gasteiger partial charge < -0.3 is 5.32 Å². The van der Waals surface area contributed by atoms with Gasteiger partial charge in [-0.25, -0.2) is 4.98 Å². The summed E-state index contributed by atoms with van der Waals surface area (Å²) in [4.78, 5) is 5.41. The molecule has 5 heteroatoms. The van der Waals surface area contributed by atoms with Crippen molar-refractivity contribution in [2.24, 2.45) is 0 Å². The van der Waals surface area contributed by atoms with Crippen LogP contribution in [-0.4, -0.2) is 11.5 Å². The first-order valence-electron chi connectivity index (χ1n) is 5.36. The highest BCUT2D eigenvalue weighted by molar-refractivity contribution is 9.10. The number of benzene rings is 1. The standard InChI is InChI=1S/C12H12BrClN2S/c1-2-5-15-12-16-7-11(17-12)9-6-8(13)3-4-10(9)14/h3-4,6-7H,2,5H2,1H3,(H,15,16). The molecular formula is C12H12BrClN2S. The monoisotopic (exact) mass is 330 g/mol. The molecule has 2 nitrogen and oxygen atoms in total. The lowest BCUT2D eigenvalue weighted by molar-refractivity contribution is 0.976. The highest BCUT2D eigenvalue weighted by Crippen LogP contribution is 2.35. The van der Waals surface area contributed by atoms with E-state index in [2.05, 4.69) is 33.2 Å². The Labute approximate surface area is 118 Å². The summed E-state index contributed by atoms with van der Waals surface area (Å²) < 4.78 is 1.02. The van der Waals surface area contributed by atoms with E-state index in [1.54, 1.807) is 11.3 Å². The van der Waals surface area contributed by atoms with Crippen LogP contribution in [0.1, 0.15) is 13.3 Å². The molecule has 1 N–H and O–H groups in total. The van der Waals surface area contributed by atoms with Crippen molar-refractivity contribution in [3.8, 4) is 10.4 Å². The average Bonchev–Trinajstić information content (AvgIpc) is 2.78. The molecule has 0 atom stereocenters. The van der Waals surface area contributed by atoms with Crippen LogP contribution in [-0.2, 0) is 0 Å². The van der Waals surface area contributed by atoms with Crippen LogP contribution in [0, 0.1) is 0 Å². The van der Waals surface area contributed by atoms with E-state index >= 15 is 0 Å². The lowest BCUT2D eigenvalue weighted by Crippen LogP contribution is -1.97. The van der Waals surface area contributed by atoms with Gasteiger partial charge in [0.2, 0.25) is 0 Å². The predicted molar refractivity (Wildman–Crippen MR) is 79.0 cm³/mol. The lowest BCUT2D eigenvalue weighted by Gasteiger charge is -2.01. The van der Waals surface area contributed by atoms with Gasteiger partial charge in [0.15, 0.2) is 5.13 Å². The predicted octanol–water partition coefficient (Wildman–Crippen LogP) is 5.05. The number of nitrogens with zero attached hydrogens (tertiary/aromatic N) is 1. The second kappa shape index (κ2) is 5.85. The van der Waals surface area contributed by atoms with Gasteiger partial charge in [-0.05, 0) is 24.6 Å². The summed E-state index contributed by atoms with van der Waals surface area (Å²) in [5.41, 5.74) is 1.02. The van der Waals surface area contributed by atoms with Crippen LogP contribution in [0.2, 0.25) is 5.02 Å². The van der Waals surface area contributed by atoms with E-state index in [9.17, 15) is 0 Å². The van der Waals surface area contributed by atoms with Crippen molar-refractivity contribution in [3.63, 3.8) is 0 Å². The minimum Gasteiger partial charge on any atom is -0.362 e. The van der Waals surface area contributed by atoms with Gasteiger partial charge in [0.05, 0.1) is 4.88 Å². The molecule has 0 spiro atoms. The molecule has 2 aromatic rings. The summed E-state index contributed by atoms with van der Waals surface area (Å²) >= 11 is 11.3. The van der Waals surface area contributed by atoms with Crippen LogP contribution in [0.4, 0.5) is 5.13 Å². The zero-order valence-corrected chi connectivity index (χ0v) is 12.5. The molecule has 0 bridgehead atoms. The number of aromatic nitrogens is 1. The maximum atomic E-state index is 6.18. The molecule has 0 fully saturated rings. The Morgan fingerprint density at radius 2 is 2.29 bits per heavy atom. The molecule has 0 aliphatic rings. The van der Waals surface area contributed by atoms with Crippen LogP contribution >= 0.6 is 38.9 Å². The third kappa shape index (κ3) is 3.21. The second-order valence-electron chi connectivity index (χ2n) is 3.58. The van der Waals surface area contributed by atoms with E-state index in [-0.39, 0.29) is 0 Å². The Balaban J connectivity index is 2.27. The van der Waals surface area contributed by atoms with Crippen molar-refractivity contribution in [1.82, 2.24) is 4.98 Å². The molecule has 0 aliphatic heterocycles. The third-order valence-corrected chi connectivity index (χ3v) is 4.04. The van der Waals surface area contributed by atoms with E-state index in [0.29, 0.717) is 0 Å². The normalized spacial score (nSPS) is 10.5. The molecular weight excluding hydrogens is 320 g/mol. The summed E-state index contributed by atoms with van der Waals surface area (Å²) in [7, 11) is 0.